The van der Waals surface area contributed by atoms with Crippen molar-refractivity contribution >= 4 is 17.7 Å². The van der Waals surface area contributed by atoms with Gasteiger partial charge in [-0.3, -0.25) is 0 Å². The maximum atomic E-state index is 12.1. The molecule has 2 atom stereocenters. The molecule has 0 bridgehead atoms. The fraction of sp³-hybridized carbons (Fsp3) is 0.500. The van der Waals surface area contributed by atoms with Crippen LogP contribution >= 0.6 is 0 Å². The van der Waals surface area contributed by atoms with Gasteiger partial charge >= 0.3 is 12.0 Å². The Morgan fingerprint density at radius 3 is 2.48 bits per heavy atom. The van der Waals surface area contributed by atoms with Gasteiger partial charge in [0.25, 0.3) is 0 Å². The molecule has 21 heavy (non-hydrogen) atoms. The first-order valence-corrected chi connectivity index (χ1v) is 7.11. The minimum atomic E-state index is -0.647. The fourth-order valence-electron chi connectivity index (χ4n) is 2.05. The summed E-state index contributed by atoms with van der Waals surface area (Å²) in [5.74, 6) is -0.428. The third-order valence-corrected chi connectivity index (χ3v) is 3.58. The number of amides is 2. The minimum absolute atomic E-state index is 0.00214. The van der Waals surface area contributed by atoms with Crippen LogP contribution in [0.1, 0.15) is 31.4 Å². The van der Waals surface area contributed by atoms with Crippen LogP contribution in [0.5, 0.6) is 0 Å². The number of aryl methyl sites for hydroxylation is 2. The van der Waals surface area contributed by atoms with E-state index in [-0.39, 0.29) is 5.92 Å². The van der Waals surface area contributed by atoms with Crippen LogP contribution in [-0.4, -0.2) is 25.2 Å². The summed E-state index contributed by atoms with van der Waals surface area (Å²) in [4.78, 5) is 23.8. The van der Waals surface area contributed by atoms with E-state index >= 15 is 0 Å². The van der Waals surface area contributed by atoms with Gasteiger partial charge in [0.05, 0.1) is 7.11 Å². The van der Waals surface area contributed by atoms with Crippen LogP contribution in [0.25, 0.3) is 0 Å². The second-order valence-corrected chi connectivity index (χ2v) is 5.30. The lowest BCUT2D eigenvalue weighted by atomic mass is 9.99. The topological polar surface area (TPSA) is 67.4 Å². The lowest BCUT2D eigenvalue weighted by Gasteiger charge is -2.22. The van der Waals surface area contributed by atoms with Crippen molar-refractivity contribution in [3.05, 3.63) is 29.3 Å². The molecule has 5 heteroatoms. The second kappa shape index (κ2) is 7.67. The van der Waals surface area contributed by atoms with Gasteiger partial charge in [0.1, 0.15) is 6.04 Å². The van der Waals surface area contributed by atoms with E-state index in [0.29, 0.717) is 0 Å². The Hall–Kier alpha value is -2.04. The van der Waals surface area contributed by atoms with Crippen LogP contribution < -0.4 is 10.6 Å². The number of benzene rings is 1. The van der Waals surface area contributed by atoms with E-state index in [2.05, 4.69) is 10.6 Å². The molecule has 0 aliphatic heterocycles. The number of urea groups is 1. The number of anilines is 1. The highest BCUT2D eigenvalue weighted by Gasteiger charge is 2.26. The molecule has 2 N–H and O–H groups in total. The summed E-state index contributed by atoms with van der Waals surface area (Å²) in [5.41, 5.74) is 2.83. The summed E-state index contributed by atoms with van der Waals surface area (Å²) in [5, 5.41) is 5.45. The van der Waals surface area contributed by atoms with Crippen LogP contribution in [0.15, 0.2) is 18.2 Å². The molecular weight excluding hydrogens is 268 g/mol. The third-order valence-electron chi connectivity index (χ3n) is 3.58. The average Bonchev–Trinajstić information content (AvgIpc) is 2.46. The maximum absolute atomic E-state index is 12.1. The lowest BCUT2D eigenvalue weighted by Crippen LogP contribution is -2.47. The van der Waals surface area contributed by atoms with E-state index in [4.69, 9.17) is 4.74 Å². The number of hydrogen-bond donors (Lipinski definition) is 2. The minimum Gasteiger partial charge on any atom is -0.467 e. The first-order chi connectivity index (χ1) is 9.88. The van der Waals surface area contributed by atoms with Crippen LogP contribution in [0, 0.1) is 19.8 Å². The summed E-state index contributed by atoms with van der Waals surface area (Å²) < 4.78 is 4.74. The Balaban J connectivity index is 2.76. The maximum Gasteiger partial charge on any atom is 0.328 e. The van der Waals surface area contributed by atoms with Crippen molar-refractivity contribution in [2.45, 2.75) is 40.2 Å². The zero-order chi connectivity index (χ0) is 16.0. The smallest absolute Gasteiger partial charge is 0.328 e. The van der Waals surface area contributed by atoms with Crippen molar-refractivity contribution in [3.8, 4) is 0 Å². The predicted octanol–water partition coefficient (Wildman–Crippen LogP) is 3.01. The molecule has 116 valence electrons. The number of rotatable bonds is 5. The van der Waals surface area contributed by atoms with Crippen molar-refractivity contribution in [1.82, 2.24) is 5.32 Å². The number of nitrogens with one attached hydrogen (secondary N) is 2. The predicted molar refractivity (Wildman–Crippen MR) is 83.3 cm³/mol. The Bertz CT molecular complexity index is 514. The van der Waals surface area contributed by atoms with Gasteiger partial charge in [0, 0.05) is 5.69 Å². The molecule has 1 aromatic carbocycles. The van der Waals surface area contributed by atoms with E-state index in [1.165, 1.54) is 7.11 Å². The number of ether oxygens (including phenoxy) is 1. The Morgan fingerprint density at radius 1 is 1.29 bits per heavy atom. The molecule has 2 unspecified atom stereocenters. The zero-order valence-electron chi connectivity index (χ0n) is 13.3. The Kier molecular flexibility index (Phi) is 6.21. The molecule has 0 aliphatic rings. The average molecular weight is 292 g/mol. The summed E-state index contributed by atoms with van der Waals surface area (Å²) in [7, 11) is 1.32. The van der Waals surface area contributed by atoms with Gasteiger partial charge < -0.3 is 15.4 Å². The van der Waals surface area contributed by atoms with Crippen molar-refractivity contribution in [2.75, 3.05) is 12.4 Å². The molecule has 0 aliphatic carbocycles. The van der Waals surface area contributed by atoms with Gasteiger partial charge in [-0.2, -0.15) is 0 Å². The van der Waals surface area contributed by atoms with Gasteiger partial charge in [0.2, 0.25) is 0 Å². The van der Waals surface area contributed by atoms with Gasteiger partial charge in [-0.05, 0) is 31.4 Å². The van der Waals surface area contributed by atoms with E-state index in [1.54, 1.807) is 0 Å². The second-order valence-electron chi connectivity index (χ2n) is 5.30. The summed E-state index contributed by atoms with van der Waals surface area (Å²) in [6, 6.07) is 4.71. The molecule has 0 heterocycles. The zero-order valence-corrected chi connectivity index (χ0v) is 13.3. The normalized spacial score (nSPS) is 13.2. The molecule has 2 amide bonds. The van der Waals surface area contributed by atoms with Crippen LogP contribution in [-0.2, 0) is 9.53 Å². The number of methoxy groups -OCH3 is 1. The monoisotopic (exact) mass is 292 g/mol. The van der Waals surface area contributed by atoms with Crippen LogP contribution in [0.3, 0.4) is 0 Å². The molecule has 0 saturated carbocycles. The number of carbonyl (C=O) groups excluding carboxylic acids is 2. The first-order valence-electron chi connectivity index (χ1n) is 7.11. The number of hydrogen-bond acceptors (Lipinski definition) is 3. The lowest BCUT2D eigenvalue weighted by molar-refractivity contribution is -0.144. The SMILES string of the molecule is CCC(C)C(NC(=O)Nc1ccc(C)cc1C)C(=O)OC. The first kappa shape index (κ1) is 17.0. The van der Waals surface area contributed by atoms with Gasteiger partial charge in [-0.15, -0.1) is 0 Å². The van der Waals surface area contributed by atoms with Crippen molar-refractivity contribution in [3.63, 3.8) is 0 Å². The molecule has 0 fully saturated rings. The molecule has 0 radical (unpaired) electrons. The molecule has 0 spiro atoms. The van der Waals surface area contributed by atoms with Gasteiger partial charge in [0.15, 0.2) is 0 Å². The Labute approximate surface area is 126 Å². The molecule has 5 nitrogen and oxygen atoms in total. The standard InChI is InChI=1S/C16H24N2O3/c1-6-11(3)14(15(19)21-5)18-16(20)17-13-8-7-10(2)9-12(13)4/h7-9,11,14H,6H2,1-5H3,(H2,17,18,20). The Morgan fingerprint density at radius 2 is 1.95 bits per heavy atom. The van der Waals surface area contributed by atoms with Crippen molar-refractivity contribution in [1.29, 1.82) is 0 Å². The molecule has 1 aromatic rings. The quantitative estimate of drug-likeness (QED) is 0.820. The van der Waals surface area contributed by atoms with E-state index in [0.717, 1.165) is 23.2 Å². The van der Waals surface area contributed by atoms with Crippen molar-refractivity contribution < 1.29 is 14.3 Å². The fourth-order valence-corrected chi connectivity index (χ4v) is 2.05. The van der Waals surface area contributed by atoms with Crippen LogP contribution in [0.2, 0.25) is 0 Å². The number of carbonyl (C=O) groups is 2. The van der Waals surface area contributed by atoms with E-state index in [9.17, 15) is 9.59 Å². The molecule has 0 saturated heterocycles. The van der Waals surface area contributed by atoms with E-state index in [1.807, 2.05) is 45.9 Å². The van der Waals surface area contributed by atoms with Gasteiger partial charge in [-0.1, -0.05) is 38.0 Å². The van der Waals surface area contributed by atoms with Crippen molar-refractivity contribution in [2.24, 2.45) is 5.92 Å². The van der Waals surface area contributed by atoms with Gasteiger partial charge in [-0.25, -0.2) is 9.59 Å². The largest absolute Gasteiger partial charge is 0.467 e. The highest BCUT2D eigenvalue weighted by molar-refractivity contribution is 5.93. The summed E-state index contributed by atoms with van der Waals surface area (Å²) in [6.07, 6.45) is 0.767. The molecule has 1 rings (SSSR count). The summed E-state index contributed by atoms with van der Waals surface area (Å²) >= 11 is 0. The van der Waals surface area contributed by atoms with E-state index < -0.39 is 18.0 Å². The number of esters is 1. The molecule has 0 aromatic heterocycles. The highest BCUT2D eigenvalue weighted by Crippen LogP contribution is 2.16. The highest BCUT2D eigenvalue weighted by atomic mass is 16.5. The third kappa shape index (κ3) is 4.77. The molecular formula is C16H24N2O3. The van der Waals surface area contributed by atoms with Crippen LogP contribution in [0.4, 0.5) is 10.5 Å². The summed E-state index contributed by atoms with van der Waals surface area (Å²) in [6.45, 7) is 7.78.